The van der Waals surface area contributed by atoms with Crippen LogP contribution in [0.5, 0.6) is 5.75 Å². The lowest BCUT2D eigenvalue weighted by molar-refractivity contribution is 0.336. The van der Waals surface area contributed by atoms with Crippen LogP contribution in [-0.2, 0) is 6.42 Å². The van der Waals surface area contributed by atoms with Crippen LogP contribution in [-0.4, -0.2) is 33.4 Å². The summed E-state index contributed by atoms with van der Waals surface area (Å²) in [6.45, 7) is 3.37. The predicted octanol–water partition coefficient (Wildman–Crippen LogP) is 2.72. The highest BCUT2D eigenvalue weighted by Crippen LogP contribution is 2.18. The van der Waals surface area contributed by atoms with Gasteiger partial charge in [0.05, 0.1) is 12.3 Å². The van der Waals surface area contributed by atoms with E-state index in [2.05, 4.69) is 26.9 Å². The summed E-state index contributed by atoms with van der Waals surface area (Å²) in [5, 5.41) is 15.1. The van der Waals surface area contributed by atoms with Crippen LogP contribution in [0.2, 0.25) is 0 Å². The molecule has 3 rings (SSSR count). The van der Waals surface area contributed by atoms with Crippen molar-refractivity contribution in [3.63, 3.8) is 0 Å². The Morgan fingerprint density at radius 2 is 1.83 bits per heavy atom. The van der Waals surface area contributed by atoms with Crippen LogP contribution in [0.3, 0.4) is 0 Å². The number of tetrazole rings is 1. The summed E-state index contributed by atoms with van der Waals surface area (Å²) in [7, 11) is 0. The molecule has 0 saturated carbocycles. The predicted molar refractivity (Wildman–Crippen MR) is 89.0 cm³/mol. The molecule has 3 aromatic rings. The van der Waals surface area contributed by atoms with E-state index in [0.717, 1.165) is 24.4 Å². The van der Waals surface area contributed by atoms with Gasteiger partial charge in [-0.25, -0.2) is 0 Å². The fourth-order valence-electron chi connectivity index (χ4n) is 2.36. The fraction of sp³-hybridized carbons (Fsp3) is 0.235. The van der Waals surface area contributed by atoms with E-state index in [9.17, 15) is 0 Å². The van der Waals surface area contributed by atoms with Gasteiger partial charge in [0.1, 0.15) is 5.75 Å². The molecule has 0 fully saturated rings. The summed E-state index contributed by atoms with van der Waals surface area (Å²) in [5.74, 6) is 1.56. The summed E-state index contributed by atoms with van der Waals surface area (Å²) in [6.07, 6.45) is 0.831. The molecule has 0 aliphatic carbocycles. The molecule has 1 heterocycles. The zero-order valence-electron chi connectivity index (χ0n) is 13.0. The summed E-state index contributed by atoms with van der Waals surface area (Å²) in [5.41, 5.74) is 2.09. The van der Waals surface area contributed by atoms with Crippen molar-refractivity contribution >= 4 is 5.95 Å². The highest BCUT2D eigenvalue weighted by Gasteiger charge is 2.08. The van der Waals surface area contributed by atoms with Gasteiger partial charge in [0, 0.05) is 6.54 Å². The van der Waals surface area contributed by atoms with Crippen molar-refractivity contribution in [2.75, 3.05) is 18.5 Å². The number of hydrogen-bond acceptors (Lipinski definition) is 5. The van der Waals surface area contributed by atoms with Gasteiger partial charge in [-0.3, -0.25) is 0 Å². The van der Waals surface area contributed by atoms with Gasteiger partial charge in [0.2, 0.25) is 5.95 Å². The van der Waals surface area contributed by atoms with Crippen LogP contribution in [0, 0.1) is 0 Å². The van der Waals surface area contributed by atoms with Gasteiger partial charge < -0.3 is 10.1 Å². The number of para-hydroxylation sites is 2. The maximum Gasteiger partial charge on any atom is 0.247 e. The Balaban J connectivity index is 1.65. The molecule has 0 spiro atoms. The zero-order valence-corrected chi connectivity index (χ0v) is 13.0. The SMILES string of the molecule is CCOc1ccccc1CCNc1nnnn1-c1ccccc1. The van der Waals surface area contributed by atoms with Gasteiger partial charge in [-0.15, -0.1) is 0 Å². The number of benzene rings is 2. The second-order valence-electron chi connectivity index (χ2n) is 4.97. The normalized spacial score (nSPS) is 10.5. The van der Waals surface area contributed by atoms with E-state index in [-0.39, 0.29) is 0 Å². The maximum absolute atomic E-state index is 5.64. The number of nitrogens with one attached hydrogen (secondary N) is 1. The van der Waals surface area contributed by atoms with E-state index in [1.165, 1.54) is 5.56 Å². The van der Waals surface area contributed by atoms with E-state index in [1.54, 1.807) is 4.68 Å². The smallest absolute Gasteiger partial charge is 0.247 e. The molecule has 1 aromatic heterocycles. The molecule has 0 saturated heterocycles. The number of hydrogen-bond donors (Lipinski definition) is 1. The zero-order chi connectivity index (χ0) is 15.9. The molecule has 0 aliphatic rings. The topological polar surface area (TPSA) is 64.9 Å². The number of nitrogens with zero attached hydrogens (tertiary/aromatic N) is 4. The van der Waals surface area contributed by atoms with Gasteiger partial charge in [-0.05, 0) is 47.5 Å². The lowest BCUT2D eigenvalue weighted by Crippen LogP contribution is -2.11. The van der Waals surface area contributed by atoms with Crippen molar-refractivity contribution in [2.24, 2.45) is 0 Å². The monoisotopic (exact) mass is 309 g/mol. The van der Waals surface area contributed by atoms with Crippen LogP contribution >= 0.6 is 0 Å². The van der Waals surface area contributed by atoms with Crippen molar-refractivity contribution in [3.8, 4) is 11.4 Å². The number of rotatable bonds is 7. The molecule has 0 amide bonds. The van der Waals surface area contributed by atoms with Crippen molar-refractivity contribution < 1.29 is 4.74 Å². The molecule has 0 atom stereocenters. The molecule has 0 aliphatic heterocycles. The number of anilines is 1. The number of ether oxygens (including phenoxy) is 1. The van der Waals surface area contributed by atoms with Crippen molar-refractivity contribution in [1.29, 1.82) is 0 Å². The average Bonchev–Trinajstić information content (AvgIpc) is 3.06. The van der Waals surface area contributed by atoms with E-state index in [4.69, 9.17) is 4.74 Å². The molecular formula is C17H19N5O. The van der Waals surface area contributed by atoms with Crippen LogP contribution in [0.4, 0.5) is 5.95 Å². The van der Waals surface area contributed by atoms with E-state index in [0.29, 0.717) is 12.6 Å². The van der Waals surface area contributed by atoms with E-state index >= 15 is 0 Å². The first-order chi connectivity index (χ1) is 11.4. The second-order valence-corrected chi connectivity index (χ2v) is 4.97. The van der Waals surface area contributed by atoms with Crippen molar-refractivity contribution in [2.45, 2.75) is 13.3 Å². The average molecular weight is 309 g/mol. The first-order valence-electron chi connectivity index (χ1n) is 7.67. The van der Waals surface area contributed by atoms with Gasteiger partial charge >= 0.3 is 0 Å². The number of aromatic nitrogens is 4. The Bertz CT molecular complexity index is 742. The summed E-state index contributed by atoms with van der Waals surface area (Å²) in [4.78, 5) is 0. The Labute approximate surface area is 135 Å². The minimum absolute atomic E-state index is 0.630. The maximum atomic E-state index is 5.64. The standard InChI is InChI=1S/C17H19N5O/c1-2-23-16-11-7-6-8-14(16)12-13-18-17-19-20-21-22(17)15-9-4-3-5-10-15/h3-11H,2,12-13H2,1H3,(H,18,19,21). The van der Waals surface area contributed by atoms with Crippen LogP contribution in [0.15, 0.2) is 54.6 Å². The third kappa shape index (κ3) is 3.66. The van der Waals surface area contributed by atoms with Crippen LogP contribution < -0.4 is 10.1 Å². The molecule has 1 N–H and O–H groups in total. The van der Waals surface area contributed by atoms with Crippen LogP contribution in [0.25, 0.3) is 5.69 Å². The first kappa shape index (κ1) is 15.0. The minimum atomic E-state index is 0.630. The lowest BCUT2D eigenvalue weighted by atomic mass is 10.1. The molecule has 2 aromatic carbocycles. The highest BCUT2D eigenvalue weighted by molar-refractivity contribution is 5.39. The van der Waals surface area contributed by atoms with E-state index in [1.807, 2.05) is 55.5 Å². The summed E-state index contributed by atoms with van der Waals surface area (Å²) in [6, 6.07) is 17.9. The third-order valence-electron chi connectivity index (χ3n) is 3.42. The molecule has 118 valence electrons. The molecule has 0 radical (unpaired) electrons. The highest BCUT2D eigenvalue weighted by atomic mass is 16.5. The van der Waals surface area contributed by atoms with Crippen LogP contribution in [0.1, 0.15) is 12.5 Å². The second kappa shape index (κ2) is 7.40. The largest absolute Gasteiger partial charge is 0.494 e. The Morgan fingerprint density at radius 3 is 2.65 bits per heavy atom. The Morgan fingerprint density at radius 1 is 1.04 bits per heavy atom. The summed E-state index contributed by atoms with van der Waals surface area (Å²) >= 11 is 0. The Hall–Kier alpha value is -2.89. The van der Waals surface area contributed by atoms with E-state index < -0.39 is 0 Å². The van der Waals surface area contributed by atoms with Gasteiger partial charge in [0.15, 0.2) is 0 Å². The third-order valence-corrected chi connectivity index (χ3v) is 3.42. The molecule has 6 heteroatoms. The van der Waals surface area contributed by atoms with Gasteiger partial charge in [0.25, 0.3) is 0 Å². The summed E-state index contributed by atoms with van der Waals surface area (Å²) < 4.78 is 7.33. The Kier molecular flexibility index (Phi) is 4.83. The minimum Gasteiger partial charge on any atom is -0.494 e. The molecular weight excluding hydrogens is 290 g/mol. The molecule has 0 bridgehead atoms. The lowest BCUT2D eigenvalue weighted by Gasteiger charge is -2.11. The molecule has 6 nitrogen and oxygen atoms in total. The molecule has 23 heavy (non-hydrogen) atoms. The fourth-order valence-corrected chi connectivity index (χ4v) is 2.36. The van der Waals surface area contributed by atoms with Crippen molar-refractivity contribution in [1.82, 2.24) is 20.2 Å². The van der Waals surface area contributed by atoms with Gasteiger partial charge in [-0.1, -0.05) is 41.5 Å². The molecule has 0 unspecified atom stereocenters. The van der Waals surface area contributed by atoms with Crippen molar-refractivity contribution in [3.05, 3.63) is 60.2 Å². The first-order valence-corrected chi connectivity index (χ1v) is 7.67. The van der Waals surface area contributed by atoms with Gasteiger partial charge in [-0.2, -0.15) is 4.68 Å². The quantitative estimate of drug-likeness (QED) is 0.727.